The predicted molar refractivity (Wildman–Crippen MR) is 97.9 cm³/mol. The average molecular weight is 338 g/mol. The van der Waals surface area contributed by atoms with Crippen LogP contribution >= 0.6 is 12.2 Å². The number of thiocarbonyl (C=S) groups is 1. The lowest BCUT2D eigenvalue weighted by Crippen LogP contribution is -2.28. The lowest BCUT2D eigenvalue weighted by molar-refractivity contribution is -0.385. The first kappa shape index (κ1) is 15.8. The van der Waals surface area contributed by atoms with Crippen molar-refractivity contribution < 1.29 is 4.92 Å². The van der Waals surface area contributed by atoms with Gasteiger partial charge in [-0.25, -0.2) is 0 Å². The number of nitro groups is 1. The van der Waals surface area contributed by atoms with Gasteiger partial charge in [0.15, 0.2) is 5.11 Å². The number of rotatable bonds is 4. The highest BCUT2D eigenvalue weighted by Gasteiger charge is 2.13. The van der Waals surface area contributed by atoms with Crippen molar-refractivity contribution in [2.24, 2.45) is 0 Å². The minimum absolute atomic E-state index is 0.0292. The highest BCUT2D eigenvalue weighted by Crippen LogP contribution is 2.19. The van der Waals surface area contributed by atoms with Crippen molar-refractivity contribution in [2.75, 3.05) is 5.32 Å². The maximum atomic E-state index is 11.0. The van der Waals surface area contributed by atoms with Gasteiger partial charge in [0.05, 0.1) is 11.5 Å². The van der Waals surface area contributed by atoms with Crippen molar-refractivity contribution >= 4 is 39.5 Å². The Morgan fingerprint density at radius 2 is 1.92 bits per heavy atom. The van der Waals surface area contributed by atoms with Crippen LogP contribution in [0.4, 0.5) is 11.4 Å². The molecule has 0 bridgehead atoms. The van der Waals surface area contributed by atoms with Crippen LogP contribution in [0.2, 0.25) is 0 Å². The zero-order valence-electron chi connectivity index (χ0n) is 12.6. The highest BCUT2D eigenvalue weighted by atomic mass is 32.1. The van der Waals surface area contributed by atoms with E-state index in [0.717, 1.165) is 16.5 Å². The van der Waals surface area contributed by atoms with Gasteiger partial charge in [0.25, 0.3) is 5.69 Å². The summed E-state index contributed by atoms with van der Waals surface area (Å²) in [6.45, 7) is 0.177. The molecule has 7 heteroatoms. The molecule has 0 fully saturated rings. The Labute approximate surface area is 143 Å². The van der Waals surface area contributed by atoms with E-state index in [1.807, 2.05) is 42.5 Å². The predicted octanol–water partition coefficient (Wildman–Crippen LogP) is 3.63. The number of anilines is 1. The molecule has 2 N–H and O–H groups in total. The number of nitrogens with zero attached hydrogens (tertiary/aromatic N) is 2. The van der Waals surface area contributed by atoms with E-state index in [2.05, 4.69) is 15.6 Å². The molecule has 0 spiro atoms. The van der Waals surface area contributed by atoms with E-state index in [1.165, 1.54) is 18.3 Å². The Kier molecular flexibility index (Phi) is 4.62. The van der Waals surface area contributed by atoms with Gasteiger partial charge in [0.2, 0.25) is 0 Å². The minimum Gasteiger partial charge on any atom is -0.357 e. The Morgan fingerprint density at radius 1 is 1.12 bits per heavy atom. The van der Waals surface area contributed by atoms with Gasteiger partial charge in [-0.1, -0.05) is 30.3 Å². The molecule has 120 valence electrons. The van der Waals surface area contributed by atoms with Crippen molar-refractivity contribution in [1.29, 1.82) is 0 Å². The van der Waals surface area contributed by atoms with E-state index in [0.29, 0.717) is 10.8 Å². The first-order valence-electron chi connectivity index (χ1n) is 7.25. The molecule has 0 radical (unpaired) electrons. The molecule has 0 amide bonds. The Hall–Kier alpha value is -3.06. The summed E-state index contributed by atoms with van der Waals surface area (Å²) in [5.41, 5.74) is 1.16. The van der Waals surface area contributed by atoms with E-state index in [1.54, 1.807) is 0 Å². The van der Waals surface area contributed by atoms with E-state index in [9.17, 15) is 10.1 Å². The van der Waals surface area contributed by atoms with Crippen LogP contribution in [0.5, 0.6) is 0 Å². The molecule has 0 unspecified atom stereocenters. The molecule has 1 heterocycles. The molecular formula is C17H14N4O2S. The lowest BCUT2D eigenvalue weighted by Gasteiger charge is -2.11. The van der Waals surface area contributed by atoms with Crippen molar-refractivity contribution in [3.63, 3.8) is 0 Å². The van der Waals surface area contributed by atoms with Crippen LogP contribution < -0.4 is 10.6 Å². The third-order valence-electron chi connectivity index (χ3n) is 3.49. The van der Waals surface area contributed by atoms with E-state index >= 15 is 0 Å². The molecule has 3 rings (SSSR count). The Morgan fingerprint density at radius 3 is 2.71 bits per heavy atom. The van der Waals surface area contributed by atoms with Crippen molar-refractivity contribution in [3.05, 3.63) is 76.6 Å². The second kappa shape index (κ2) is 7.01. The van der Waals surface area contributed by atoms with E-state index < -0.39 is 4.92 Å². The summed E-state index contributed by atoms with van der Waals surface area (Å²) < 4.78 is 0. The fraction of sp³-hybridized carbons (Fsp3) is 0.0588. The van der Waals surface area contributed by atoms with Gasteiger partial charge in [0, 0.05) is 18.0 Å². The quantitative estimate of drug-likeness (QED) is 0.429. The third kappa shape index (κ3) is 3.64. The number of pyridine rings is 1. The minimum atomic E-state index is -0.455. The maximum absolute atomic E-state index is 11.0. The van der Waals surface area contributed by atoms with Crippen LogP contribution in [0.3, 0.4) is 0 Å². The number of nitrogens with one attached hydrogen (secondary N) is 2. The van der Waals surface area contributed by atoms with Gasteiger partial charge in [-0.2, -0.15) is 0 Å². The second-order valence-electron chi connectivity index (χ2n) is 5.10. The van der Waals surface area contributed by atoms with Crippen molar-refractivity contribution in [2.45, 2.75) is 6.54 Å². The summed E-state index contributed by atoms with van der Waals surface area (Å²) >= 11 is 5.25. The third-order valence-corrected chi connectivity index (χ3v) is 3.73. The number of hydrogen-bond acceptors (Lipinski definition) is 4. The zero-order valence-corrected chi connectivity index (χ0v) is 13.4. The maximum Gasteiger partial charge on any atom is 0.292 e. The topological polar surface area (TPSA) is 80.1 Å². The molecule has 6 nitrogen and oxygen atoms in total. The number of fused-ring (bicyclic) bond motifs is 1. The fourth-order valence-corrected chi connectivity index (χ4v) is 2.53. The molecular weight excluding hydrogens is 324 g/mol. The molecule has 0 aliphatic carbocycles. The largest absolute Gasteiger partial charge is 0.357 e. The average Bonchev–Trinajstić information content (AvgIpc) is 2.60. The van der Waals surface area contributed by atoms with Gasteiger partial charge in [0.1, 0.15) is 5.69 Å². The highest BCUT2D eigenvalue weighted by molar-refractivity contribution is 7.80. The molecule has 0 saturated heterocycles. The number of hydrogen-bond donors (Lipinski definition) is 2. The monoisotopic (exact) mass is 338 g/mol. The number of benzene rings is 2. The Balaban J connectivity index is 1.66. The molecule has 24 heavy (non-hydrogen) atoms. The molecule has 0 aliphatic rings. The summed E-state index contributed by atoms with van der Waals surface area (Å²) in [4.78, 5) is 14.5. The normalized spacial score (nSPS) is 10.3. The molecule has 0 atom stereocenters. The van der Waals surface area contributed by atoms with Crippen molar-refractivity contribution in [3.8, 4) is 0 Å². The van der Waals surface area contributed by atoms with Crippen LogP contribution in [0, 0.1) is 10.1 Å². The van der Waals surface area contributed by atoms with Crippen LogP contribution in [-0.2, 0) is 6.54 Å². The van der Waals surface area contributed by atoms with Gasteiger partial charge in [-0.3, -0.25) is 15.1 Å². The van der Waals surface area contributed by atoms with Crippen LogP contribution in [0.1, 0.15) is 5.69 Å². The van der Waals surface area contributed by atoms with E-state index in [4.69, 9.17) is 12.2 Å². The van der Waals surface area contributed by atoms with E-state index in [-0.39, 0.29) is 12.2 Å². The molecule has 0 saturated carbocycles. The lowest BCUT2D eigenvalue weighted by atomic mass is 10.1. The molecule has 3 aromatic rings. The molecule has 0 aliphatic heterocycles. The summed E-state index contributed by atoms with van der Waals surface area (Å²) in [5.74, 6) is 0. The van der Waals surface area contributed by atoms with Gasteiger partial charge in [-0.05, 0) is 41.2 Å². The second-order valence-corrected chi connectivity index (χ2v) is 5.50. The molecule has 1 aromatic heterocycles. The van der Waals surface area contributed by atoms with Crippen LogP contribution in [-0.4, -0.2) is 15.0 Å². The van der Waals surface area contributed by atoms with Crippen molar-refractivity contribution in [1.82, 2.24) is 10.3 Å². The smallest absolute Gasteiger partial charge is 0.292 e. The standard InChI is InChI=1S/C17H14N4O2S/c22-21(23)16-6-3-9-18-15(16)11-19-17(24)20-14-8-7-12-4-1-2-5-13(12)10-14/h1-10H,11H2,(H2,19,20,24). The fourth-order valence-electron chi connectivity index (χ4n) is 2.34. The summed E-state index contributed by atoms with van der Waals surface area (Å²) in [6.07, 6.45) is 1.52. The summed E-state index contributed by atoms with van der Waals surface area (Å²) in [5, 5.41) is 19.6. The summed E-state index contributed by atoms with van der Waals surface area (Å²) in [7, 11) is 0. The van der Waals surface area contributed by atoms with Gasteiger partial charge < -0.3 is 10.6 Å². The number of aromatic nitrogens is 1. The summed E-state index contributed by atoms with van der Waals surface area (Å²) in [6, 6.07) is 16.9. The van der Waals surface area contributed by atoms with Crippen LogP contribution in [0.25, 0.3) is 10.8 Å². The first-order valence-corrected chi connectivity index (χ1v) is 7.66. The van der Waals surface area contributed by atoms with Crippen LogP contribution in [0.15, 0.2) is 60.8 Å². The Bertz CT molecular complexity index is 914. The van der Waals surface area contributed by atoms with Gasteiger partial charge in [-0.15, -0.1) is 0 Å². The SMILES string of the molecule is O=[N+]([O-])c1cccnc1CNC(=S)Nc1ccc2ccccc2c1. The first-order chi connectivity index (χ1) is 11.6. The molecule has 2 aromatic carbocycles. The zero-order chi connectivity index (χ0) is 16.9. The van der Waals surface area contributed by atoms with Gasteiger partial charge >= 0.3 is 0 Å².